The maximum absolute atomic E-state index is 6.78. The van der Waals surface area contributed by atoms with Gasteiger partial charge in [0.05, 0.1) is 5.69 Å². The third kappa shape index (κ3) is 6.40. The first kappa shape index (κ1) is 37.2. The van der Waals surface area contributed by atoms with Crippen LogP contribution in [0.3, 0.4) is 0 Å². The molecule has 8 aromatic carbocycles. The molecule has 62 heavy (non-hydrogen) atoms. The van der Waals surface area contributed by atoms with E-state index in [0.29, 0.717) is 18.1 Å². The van der Waals surface area contributed by atoms with Crippen LogP contribution in [0.2, 0.25) is 0 Å². The molecule has 0 saturated heterocycles. The van der Waals surface area contributed by atoms with E-state index in [1.165, 1.54) is 33.4 Å². The second-order valence-corrected chi connectivity index (χ2v) is 16.6. The number of nitrogens with zero attached hydrogens (tertiary/aromatic N) is 2. The van der Waals surface area contributed by atoms with Crippen LogP contribution in [0.5, 0.6) is 17.2 Å². The molecule has 0 fully saturated rings. The first-order chi connectivity index (χ1) is 30.4. The molecule has 11 rings (SSSR count). The highest BCUT2D eigenvalue weighted by atomic mass is 16.5. The Morgan fingerprint density at radius 2 is 1.13 bits per heavy atom. The molecule has 0 spiro atoms. The van der Waals surface area contributed by atoms with E-state index in [1.807, 2.05) is 42.5 Å². The molecule has 298 valence electrons. The van der Waals surface area contributed by atoms with Gasteiger partial charge in [0, 0.05) is 34.6 Å². The maximum atomic E-state index is 6.78. The Hall–Kier alpha value is -7.82. The SMILES string of the molecule is C=C1/C=C\C=C/CN2c3ccccc3Oc3c(-c4cccc(-c5ccc(N(c6ccc(-c7ccccc7)cc6)c6ccc7c(c6)C(C)(C)c6ccccc6-7)cc5)c4)ccc(c32)O1. The van der Waals surface area contributed by atoms with Crippen molar-refractivity contribution >= 4 is 28.4 Å². The second kappa shape index (κ2) is 15.0. The summed E-state index contributed by atoms with van der Waals surface area (Å²) in [5.41, 5.74) is 17.1. The van der Waals surface area contributed by atoms with Crippen molar-refractivity contribution in [1.82, 2.24) is 0 Å². The molecule has 0 unspecified atom stereocenters. The van der Waals surface area contributed by atoms with Crippen LogP contribution in [0, 0.1) is 0 Å². The lowest BCUT2D eigenvalue weighted by Crippen LogP contribution is -2.22. The van der Waals surface area contributed by atoms with Gasteiger partial charge in [-0.2, -0.15) is 0 Å². The standard InChI is InChI=1S/C58H44N2O2/c1-39-15-6-5-13-36-59-53-22-11-12-23-54(53)62-57-48(34-35-55(61-39)56(57)59)44-19-14-18-43(37-44)42-26-30-46(31-27-42)60(45-28-24-41(25-29-45)40-16-7-4-8-17-40)47-32-33-50-49-20-9-10-21-51(49)58(2,3)52(50)38-47/h4-35,37-38H,1,36H2,2-3H3/b13-5-,15-6-. The molecule has 8 aromatic rings. The van der Waals surface area contributed by atoms with Gasteiger partial charge < -0.3 is 19.3 Å². The predicted molar refractivity (Wildman–Crippen MR) is 257 cm³/mol. The average molecular weight is 801 g/mol. The van der Waals surface area contributed by atoms with E-state index >= 15 is 0 Å². The van der Waals surface area contributed by atoms with Gasteiger partial charge in [0.2, 0.25) is 0 Å². The lowest BCUT2D eigenvalue weighted by molar-refractivity contribution is 0.433. The Bertz CT molecular complexity index is 3090. The van der Waals surface area contributed by atoms with E-state index < -0.39 is 0 Å². The zero-order valence-corrected chi connectivity index (χ0v) is 34.8. The molecule has 0 radical (unpaired) electrons. The van der Waals surface area contributed by atoms with Crippen molar-refractivity contribution in [1.29, 1.82) is 0 Å². The van der Waals surface area contributed by atoms with Crippen LogP contribution in [-0.4, -0.2) is 6.54 Å². The largest absolute Gasteiger partial charge is 0.456 e. The van der Waals surface area contributed by atoms with E-state index in [4.69, 9.17) is 9.47 Å². The summed E-state index contributed by atoms with van der Waals surface area (Å²) in [6, 6.07) is 65.3. The number of hydrogen-bond donors (Lipinski definition) is 0. The van der Waals surface area contributed by atoms with E-state index in [1.54, 1.807) is 0 Å². The van der Waals surface area contributed by atoms with Gasteiger partial charge in [0.15, 0.2) is 17.2 Å². The Kier molecular flexibility index (Phi) is 9.01. The molecule has 2 heterocycles. The summed E-state index contributed by atoms with van der Waals surface area (Å²) in [6.45, 7) is 9.48. The fraction of sp³-hybridized carbons (Fsp3) is 0.0690. The minimum Gasteiger partial charge on any atom is -0.456 e. The first-order valence-electron chi connectivity index (χ1n) is 21.2. The fourth-order valence-electron chi connectivity index (χ4n) is 9.37. The van der Waals surface area contributed by atoms with Crippen molar-refractivity contribution in [3.05, 3.63) is 230 Å². The molecule has 4 nitrogen and oxygen atoms in total. The number of para-hydroxylation sites is 2. The van der Waals surface area contributed by atoms with Crippen molar-refractivity contribution in [2.75, 3.05) is 16.3 Å². The van der Waals surface area contributed by atoms with Crippen molar-refractivity contribution in [2.24, 2.45) is 0 Å². The van der Waals surface area contributed by atoms with E-state index in [2.05, 4.69) is 194 Å². The summed E-state index contributed by atoms with van der Waals surface area (Å²) in [5, 5.41) is 0. The third-order valence-corrected chi connectivity index (χ3v) is 12.5. The van der Waals surface area contributed by atoms with Crippen LogP contribution >= 0.6 is 0 Å². The van der Waals surface area contributed by atoms with Gasteiger partial charge >= 0.3 is 0 Å². The monoisotopic (exact) mass is 800 g/mol. The zero-order valence-electron chi connectivity index (χ0n) is 34.8. The summed E-state index contributed by atoms with van der Waals surface area (Å²) in [6.07, 6.45) is 8.01. The molecule has 0 bridgehead atoms. The van der Waals surface area contributed by atoms with E-state index in [-0.39, 0.29) is 5.41 Å². The Labute approximate surface area is 363 Å². The van der Waals surface area contributed by atoms with Crippen LogP contribution in [0.25, 0.3) is 44.5 Å². The Morgan fingerprint density at radius 1 is 0.500 bits per heavy atom. The maximum Gasteiger partial charge on any atom is 0.162 e. The molecule has 1 aliphatic carbocycles. The first-order valence-corrected chi connectivity index (χ1v) is 21.2. The third-order valence-electron chi connectivity index (χ3n) is 12.5. The highest BCUT2D eigenvalue weighted by Gasteiger charge is 2.36. The molecule has 0 aromatic heterocycles. The zero-order chi connectivity index (χ0) is 41.8. The Morgan fingerprint density at radius 3 is 1.94 bits per heavy atom. The van der Waals surface area contributed by atoms with E-state index in [0.717, 1.165) is 62.2 Å². The van der Waals surface area contributed by atoms with Gasteiger partial charge in [0.1, 0.15) is 11.4 Å². The lowest BCUT2D eigenvalue weighted by atomic mass is 9.82. The second-order valence-electron chi connectivity index (χ2n) is 16.6. The number of fused-ring (bicyclic) bond motifs is 5. The molecule has 4 heteroatoms. The molecule has 0 amide bonds. The number of anilines is 5. The molecule has 0 saturated carbocycles. The minimum absolute atomic E-state index is 0.115. The quantitative estimate of drug-likeness (QED) is 0.167. The van der Waals surface area contributed by atoms with Crippen LogP contribution in [0.1, 0.15) is 25.0 Å². The topological polar surface area (TPSA) is 24.9 Å². The molecular weight excluding hydrogens is 757 g/mol. The summed E-state index contributed by atoms with van der Waals surface area (Å²) < 4.78 is 13.1. The van der Waals surface area contributed by atoms with Gasteiger partial charge in [-0.1, -0.05) is 154 Å². The summed E-state index contributed by atoms with van der Waals surface area (Å²) in [7, 11) is 0. The van der Waals surface area contributed by atoms with Gasteiger partial charge in [-0.25, -0.2) is 0 Å². The predicted octanol–water partition coefficient (Wildman–Crippen LogP) is 15.7. The molecule has 0 atom stereocenters. The number of ether oxygens (including phenoxy) is 2. The van der Waals surface area contributed by atoms with Crippen LogP contribution < -0.4 is 19.3 Å². The van der Waals surface area contributed by atoms with Gasteiger partial charge in [-0.15, -0.1) is 0 Å². The highest BCUT2D eigenvalue weighted by molar-refractivity contribution is 5.92. The van der Waals surface area contributed by atoms with E-state index in [9.17, 15) is 0 Å². The molecular formula is C58H44N2O2. The normalized spacial score (nSPS) is 15.2. The smallest absolute Gasteiger partial charge is 0.162 e. The van der Waals surface area contributed by atoms with Crippen LogP contribution in [0.4, 0.5) is 28.4 Å². The number of benzene rings is 8. The Balaban J connectivity index is 0.975. The summed E-state index contributed by atoms with van der Waals surface area (Å²) in [5.74, 6) is 2.82. The number of hydrogen-bond acceptors (Lipinski definition) is 4. The van der Waals surface area contributed by atoms with Crippen LogP contribution in [-0.2, 0) is 5.41 Å². The van der Waals surface area contributed by atoms with Crippen LogP contribution in [0.15, 0.2) is 219 Å². The average Bonchev–Trinajstić information content (AvgIpc) is 3.54. The number of rotatable bonds is 6. The van der Waals surface area contributed by atoms with Gasteiger partial charge in [-0.05, 0) is 123 Å². The van der Waals surface area contributed by atoms with Crippen molar-refractivity contribution in [3.63, 3.8) is 0 Å². The van der Waals surface area contributed by atoms with Crippen molar-refractivity contribution < 1.29 is 9.47 Å². The minimum atomic E-state index is -0.115. The fourth-order valence-corrected chi connectivity index (χ4v) is 9.37. The van der Waals surface area contributed by atoms with Gasteiger partial charge in [-0.3, -0.25) is 0 Å². The van der Waals surface area contributed by atoms with Crippen molar-refractivity contribution in [3.8, 4) is 61.8 Å². The van der Waals surface area contributed by atoms with Gasteiger partial charge in [0.25, 0.3) is 0 Å². The summed E-state index contributed by atoms with van der Waals surface area (Å²) >= 11 is 0. The van der Waals surface area contributed by atoms with Crippen molar-refractivity contribution in [2.45, 2.75) is 19.3 Å². The summed E-state index contributed by atoms with van der Waals surface area (Å²) in [4.78, 5) is 4.64. The molecule has 0 N–H and O–H groups in total. The molecule has 2 aliphatic heterocycles. The molecule has 3 aliphatic rings. The highest BCUT2D eigenvalue weighted by Crippen LogP contribution is 2.55. The lowest BCUT2D eigenvalue weighted by Gasteiger charge is -2.34. The number of allylic oxidation sites excluding steroid dienone is 3.